The summed E-state index contributed by atoms with van der Waals surface area (Å²) in [6.45, 7) is 2.49. The number of hydrogen-bond acceptors (Lipinski definition) is 4. The summed E-state index contributed by atoms with van der Waals surface area (Å²) in [5.74, 6) is 0.446. The van der Waals surface area contributed by atoms with Crippen LogP contribution in [-0.4, -0.2) is 19.7 Å². The molecule has 1 aromatic carbocycles. The Morgan fingerprint density at radius 2 is 2.31 bits per heavy atom. The van der Waals surface area contributed by atoms with Crippen LogP contribution in [0.25, 0.3) is 0 Å². The normalized spacial score (nSPS) is 18.6. The molecule has 4 heteroatoms. The molecule has 0 unspecified atom stereocenters. The van der Waals surface area contributed by atoms with Crippen molar-refractivity contribution in [2.75, 3.05) is 13.7 Å². The topological polar surface area (TPSA) is 61.5 Å². The van der Waals surface area contributed by atoms with E-state index in [1.165, 1.54) is 7.11 Å². The Morgan fingerprint density at radius 3 is 3.00 bits per heavy atom. The number of hydrogen-bond donors (Lipinski definition) is 1. The highest BCUT2D eigenvalue weighted by atomic mass is 16.5. The molecule has 0 fully saturated rings. The lowest BCUT2D eigenvalue weighted by Gasteiger charge is -2.24. The van der Waals surface area contributed by atoms with Crippen LogP contribution in [0.5, 0.6) is 5.75 Å². The van der Waals surface area contributed by atoms with Gasteiger partial charge in [-0.3, -0.25) is 0 Å². The zero-order valence-electron chi connectivity index (χ0n) is 9.45. The number of ether oxygens (including phenoxy) is 2. The van der Waals surface area contributed by atoms with Gasteiger partial charge in [0.05, 0.1) is 19.3 Å². The third-order valence-electron chi connectivity index (χ3n) is 2.85. The summed E-state index contributed by atoms with van der Waals surface area (Å²) in [6, 6.07) is 3.56. The lowest BCUT2D eigenvalue weighted by atomic mass is 9.96. The third kappa shape index (κ3) is 1.76. The van der Waals surface area contributed by atoms with E-state index in [1.54, 1.807) is 6.07 Å². The van der Waals surface area contributed by atoms with E-state index >= 15 is 0 Å². The van der Waals surface area contributed by atoms with E-state index in [1.807, 2.05) is 13.0 Å². The largest absolute Gasteiger partial charge is 0.493 e. The molecule has 2 N–H and O–H groups in total. The van der Waals surface area contributed by atoms with Gasteiger partial charge in [-0.1, -0.05) is 0 Å². The van der Waals surface area contributed by atoms with Crippen LogP contribution in [0.3, 0.4) is 0 Å². The molecule has 0 aliphatic carbocycles. The van der Waals surface area contributed by atoms with E-state index < -0.39 is 0 Å². The van der Waals surface area contributed by atoms with Gasteiger partial charge >= 0.3 is 5.97 Å². The Morgan fingerprint density at radius 1 is 1.56 bits per heavy atom. The number of methoxy groups -OCH3 is 1. The maximum Gasteiger partial charge on any atom is 0.338 e. The molecule has 1 heterocycles. The third-order valence-corrected chi connectivity index (χ3v) is 2.85. The summed E-state index contributed by atoms with van der Waals surface area (Å²) in [5, 5.41) is 0. The predicted molar refractivity (Wildman–Crippen MR) is 59.6 cm³/mol. The zero-order valence-corrected chi connectivity index (χ0v) is 9.45. The number of rotatable bonds is 1. The molecule has 4 nitrogen and oxygen atoms in total. The highest BCUT2D eigenvalue weighted by Gasteiger charge is 2.21. The van der Waals surface area contributed by atoms with Crippen molar-refractivity contribution in [1.82, 2.24) is 0 Å². The minimum absolute atomic E-state index is 0.0623. The number of benzene rings is 1. The highest BCUT2D eigenvalue weighted by molar-refractivity contribution is 5.91. The summed E-state index contributed by atoms with van der Waals surface area (Å²) in [7, 11) is 1.37. The molecule has 1 aliphatic rings. The first-order chi connectivity index (χ1) is 7.63. The van der Waals surface area contributed by atoms with E-state index in [4.69, 9.17) is 15.2 Å². The Balaban J connectivity index is 2.50. The average molecular weight is 221 g/mol. The molecule has 0 spiro atoms. The van der Waals surface area contributed by atoms with Crippen molar-refractivity contribution in [2.24, 2.45) is 5.73 Å². The quantitative estimate of drug-likeness (QED) is 0.731. The van der Waals surface area contributed by atoms with Gasteiger partial charge in [0.2, 0.25) is 0 Å². The molecule has 1 atom stereocenters. The molecular formula is C12H15NO3. The van der Waals surface area contributed by atoms with E-state index in [2.05, 4.69) is 0 Å². The molecule has 0 bridgehead atoms. The standard InChI is InChI=1S/C12H15NO3/c1-7-5-11-9(10(13)3-4-16-11)6-8(7)12(14)15-2/h5-6,10H,3-4,13H2,1-2H3/t10-/m1/s1. The maximum atomic E-state index is 11.5. The average Bonchev–Trinajstić information content (AvgIpc) is 2.28. The molecule has 0 amide bonds. The molecule has 86 valence electrons. The molecule has 1 aromatic rings. The Bertz CT molecular complexity index is 429. The van der Waals surface area contributed by atoms with E-state index in [9.17, 15) is 4.79 Å². The van der Waals surface area contributed by atoms with E-state index in [0.29, 0.717) is 12.2 Å². The van der Waals surface area contributed by atoms with Crippen molar-refractivity contribution < 1.29 is 14.3 Å². The molecule has 1 aliphatic heterocycles. The van der Waals surface area contributed by atoms with Gasteiger partial charge in [0, 0.05) is 18.0 Å². The molecule has 0 aromatic heterocycles. The SMILES string of the molecule is COC(=O)c1cc2c(cc1C)OCC[C@H]2N. The van der Waals surface area contributed by atoms with Crippen molar-refractivity contribution in [2.45, 2.75) is 19.4 Å². The van der Waals surface area contributed by atoms with Gasteiger partial charge in [0.15, 0.2) is 0 Å². The molecule has 0 saturated heterocycles. The molecule has 0 saturated carbocycles. The first-order valence-corrected chi connectivity index (χ1v) is 5.24. The van der Waals surface area contributed by atoms with Crippen LogP contribution in [-0.2, 0) is 4.74 Å². The van der Waals surface area contributed by atoms with Crippen molar-refractivity contribution in [3.63, 3.8) is 0 Å². The fourth-order valence-corrected chi connectivity index (χ4v) is 1.89. The van der Waals surface area contributed by atoms with Crippen LogP contribution >= 0.6 is 0 Å². The van der Waals surface area contributed by atoms with Gasteiger partial charge in [-0.2, -0.15) is 0 Å². The van der Waals surface area contributed by atoms with Crippen LogP contribution in [0.15, 0.2) is 12.1 Å². The van der Waals surface area contributed by atoms with Crippen molar-refractivity contribution >= 4 is 5.97 Å². The van der Waals surface area contributed by atoms with E-state index in [-0.39, 0.29) is 12.0 Å². The number of fused-ring (bicyclic) bond motifs is 1. The molecule has 2 rings (SSSR count). The smallest absolute Gasteiger partial charge is 0.338 e. The minimum Gasteiger partial charge on any atom is -0.493 e. The van der Waals surface area contributed by atoms with Crippen molar-refractivity contribution in [3.8, 4) is 5.75 Å². The fraction of sp³-hybridized carbons (Fsp3) is 0.417. The number of carbonyl (C=O) groups excluding carboxylic acids is 1. The summed E-state index contributed by atoms with van der Waals surface area (Å²) in [6.07, 6.45) is 0.774. The second-order valence-corrected chi connectivity index (χ2v) is 3.94. The number of carbonyl (C=O) groups is 1. The summed E-state index contributed by atoms with van der Waals surface area (Å²) < 4.78 is 10.2. The Kier molecular flexibility index (Phi) is 2.83. The second kappa shape index (κ2) is 4.14. The number of nitrogens with two attached hydrogens (primary N) is 1. The van der Waals surface area contributed by atoms with Crippen LogP contribution in [0, 0.1) is 6.92 Å². The van der Waals surface area contributed by atoms with Gasteiger partial charge in [0.1, 0.15) is 5.75 Å². The lowest BCUT2D eigenvalue weighted by Crippen LogP contribution is -2.21. The van der Waals surface area contributed by atoms with Gasteiger partial charge in [-0.15, -0.1) is 0 Å². The van der Waals surface area contributed by atoms with Crippen LogP contribution in [0.1, 0.15) is 33.9 Å². The molecule has 16 heavy (non-hydrogen) atoms. The maximum absolute atomic E-state index is 11.5. The van der Waals surface area contributed by atoms with Gasteiger partial charge in [0.25, 0.3) is 0 Å². The van der Waals surface area contributed by atoms with Crippen LogP contribution in [0.2, 0.25) is 0 Å². The Labute approximate surface area is 94.3 Å². The second-order valence-electron chi connectivity index (χ2n) is 3.94. The minimum atomic E-state index is -0.335. The van der Waals surface area contributed by atoms with Gasteiger partial charge < -0.3 is 15.2 Å². The monoisotopic (exact) mass is 221 g/mol. The fourth-order valence-electron chi connectivity index (χ4n) is 1.89. The van der Waals surface area contributed by atoms with Crippen molar-refractivity contribution in [1.29, 1.82) is 0 Å². The van der Waals surface area contributed by atoms with Crippen LogP contribution in [0.4, 0.5) is 0 Å². The summed E-state index contributed by atoms with van der Waals surface area (Å²) in [4.78, 5) is 11.5. The highest BCUT2D eigenvalue weighted by Crippen LogP contribution is 2.33. The van der Waals surface area contributed by atoms with Crippen LogP contribution < -0.4 is 10.5 Å². The van der Waals surface area contributed by atoms with Gasteiger partial charge in [-0.25, -0.2) is 4.79 Å². The summed E-state index contributed by atoms with van der Waals surface area (Å²) in [5.41, 5.74) is 8.27. The lowest BCUT2D eigenvalue weighted by molar-refractivity contribution is 0.0599. The van der Waals surface area contributed by atoms with E-state index in [0.717, 1.165) is 23.3 Å². The van der Waals surface area contributed by atoms with Gasteiger partial charge in [-0.05, 0) is 24.6 Å². The number of aryl methyl sites for hydroxylation is 1. The number of esters is 1. The molecule has 0 radical (unpaired) electrons. The first-order valence-electron chi connectivity index (χ1n) is 5.24. The van der Waals surface area contributed by atoms with Crippen molar-refractivity contribution in [3.05, 3.63) is 28.8 Å². The Hall–Kier alpha value is -1.55. The predicted octanol–water partition coefficient (Wildman–Crippen LogP) is 1.56. The molecular weight excluding hydrogens is 206 g/mol. The summed E-state index contributed by atoms with van der Waals surface area (Å²) >= 11 is 0. The first kappa shape index (κ1) is 11.0. The zero-order chi connectivity index (χ0) is 11.7.